The summed E-state index contributed by atoms with van der Waals surface area (Å²) in [5.41, 5.74) is 2.61. The highest BCUT2D eigenvalue weighted by Gasteiger charge is 2.14. The number of hydrogen-bond acceptors (Lipinski definition) is 3. The van der Waals surface area contributed by atoms with Crippen molar-refractivity contribution in [2.45, 2.75) is 20.5 Å². The minimum atomic E-state index is -0.378. The molecule has 3 rings (SSSR count). The van der Waals surface area contributed by atoms with E-state index in [4.69, 9.17) is 23.2 Å². The molecule has 8 heteroatoms. The topological polar surface area (TPSA) is 64.7 Å². The molecule has 124 valence electrons. The summed E-state index contributed by atoms with van der Waals surface area (Å²) in [5, 5.41) is 12.1. The molecule has 2 aromatic heterocycles. The fourth-order valence-corrected chi connectivity index (χ4v) is 2.80. The molecular weight excluding hydrogens is 349 g/mol. The maximum absolute atomic E-state index is 12.3. The number of amides is 1. The number of hydrogen-bond donors (Lipinski definition) is 1. The molecule has 0 unspecified atom stereocenters. The monoisotopic (exact) mass is 363 g/mol. The fourth-order valence-electron chi connectivity index (χ4n) is 2.31. The molecule has 2 heterocycles. The SMILES string of the molecule is Cc1cc(C)n(Cn2ccc(C(=O)Nc3c(Cl)cccc3Cl)n2)n1. The lowest BCUT2D eigenvalue weighted by Gasteiger charge is -2.07. The van der Waals surface area contributed by atoms with Crippen molar-refractivity contribution in [3.63, 3.8) is 0 Å². The van der Waals surface area contributed by atoms with Gasteiger partial charge in [-0.1, -0.05) is 29.3 Å². The third kappa shape index (κ3) is 3.44. The second-order valence-electron chi connectivity index (χ2n) is 5.36. The summed E-state index contributed by atoms with van der Waals surface area (Å²) in [5.74, 6) is -0.378. The molecule has 0 aliphatic carbocycles. The molecule has 24 heavy (non-hydrogen) atoms. The van der Waals surface area contributed by atoms with Crippen LogP contribution >= 0.6 is 23.2 Å². The van der Waals surface area contributed by atoms with Gasteiger partial charge in [0.25, 0.3) is 5.91 Å². The molecule has 0 spiro atoms. The summed E-state index contributed by atoms with van der Waals surface area (Å²) in [6, 6.07) is 8.64. The summed E-state index contributed by atoms with van der Waals surface area (Å²) in [6.45, 7) is 4.33. The van der Waals surface area contributed by atoms with Crippen LogP contribution in [0.1, 0.15) is 21.9 Å². The standard InChI is InChI=1S/C16H15Cl2N5O/c1-10-8-11(2)23(20-10)9-22-7-6-14(21-22)16(24)19-15-12(17)4-3-5-13(15)18/h3-8H,9H2,1-2H3,(H,19,24). The molecule has 0 fully saturated rings. The van der Waals surface area contributed by atoms with E-state index in [0.29, 0.717) is 22.4 Å². The van der Waals surface area contributed by atoms with E-state index in [-0.39, 0.29) is 11.6 Å². The van der Waals surface area contributed by atoms with Crippen LogP contribution in [-0.4, -0.2) is 25.5 Å². The Labute approximate surface area is 149 Å². The number of benzene rings is 1. The van der Waals surface area contributed by atoms with Crippen LogP contribution in [0.2, 0.25) is 10.0 Å². The van der Waals surface area contributed by atoms with Gasteiger partial charge in [0.1, 0.15) is 6.67 Å². The van der Waals surface area contributed by atoms with Gasteiger partial charge in [-0.05, 0) is 38.1 Å². The Bertz CT molecular complexity index is 880. The molecule has 3 aromatic rings. The van der Waals surface area contributed by atoms with E-state index in [2.05, 4.69) is 15.5 Å². The molecule has 6 nitrogen and oxygen atoms in total. The second kappa shape index (κ2) is 6.67. The number of nitrogens with zero attached hydrogens (tertiary/aromatic N) is 4. The number of aryl methyl sites for hydroxylation is 2. The third-order valence-electron chi connectivity index (χ3n) is 3.46. The van der Waals surface area contributed by atoms with Gasteiger partial charge < -0.3 is 5.32 Å². The third-order valence-corrected chi connectivity index (χ3v) is 4.09. The van der Waals surface area contributed by atoms with Gasteiger partial charge in [-0.3, -0.25) is 9.48 Å². The Balaban J connectivity index is 1.75. The number of halogens is 2. The minimum Gasteiger partial charge on any atom is -0.318 e. The van der Waals surface area contributed by atoms with Crippen molar-refractivity contribution in [1.29, 1.82) is 0 Å². The Morgan fingerprint density at radius 2 is 1.88 bits per heavy atom. The number of para-hydroxylation sites is 1. The number of aromatic nitrogens is 4. The first-order valence-corrected chi connectivity index (χ1v) is 7.99. The van der Waals surface area contributed by atoms with Crippen molar-refractivity contribution >= 4 is 34.8 Å². The molecule has 1 aromatic carbocycles. The molecule has 0 aliphatic heterocycles. The first kappa shape index (κ1) is 16.5. The van der Waals surface area contributed by atoms with Gasteiger partial charge in [-0.2, -0.15) is 10.2 Å². The maximum atomic E-state index is 12.3. The van der Waals surface area contributed by atoms with E-state index >= 15 is 0 Å². The van der Waals surface area contributed by atoms with E-state index in [0.717, 1.165) is 11.4 Å². The molecule has 0 aliphatic rings. The molecule has 0 bridgehead atoms. The predicted molar refractivity (Wildman–Crippen MR) is 93.7 cm³/mol. The number of carbonyl (C=O) groups excluding carboxylic acids is 1. The lowest BCUT2D eigenvalue weighted by Crippen LogP contribution is -2.16. The molecule has 0 radical (unpaired) electrons. The van der Waals surface area contributed by atoms with Gasteiger partial charge in [-0.25, -0.2) is 4.68 Å². The molecule has 1 amide bonds. The van der Waals surface area contributed by atoms with Crippen molar-refractivity contribution in [1.82, 2.24) is 19.6 Å². The van der Waals surface area contributed by atoms with Crippen molar-refractivity contribution < 1.29 is 4.79 Å². The van der Waals surface area contributed by atoms with Gasteiger partial charge in [-0.15, -0.1) is 0 Å². The van der Waals surface area contributed by atoms with Gasteiger partial charge >= 0.3 is 0 Å². The van der Waals surface area contributed by atoms with E-state index in [1.54, 1.807) is 35.1 Å². The van der Waals surface area contributed by atoms with Crippen LogP contribution in [0.5, 0.6) is 0 Å². The molecular formula is C16H15Cl2N5O. The summed E-state index contributed by atoms with van der Waals surface area (Å²) < 4.78 is 3.46. The van der Waals surface area contributed by atoms with Crippen molar-refractivity contribution in [3.05, 3.63) is 63.7 Å². The zero-order valence-electron chi connectivity index (χ0n) is 13.1. The highest BCUT2D eigenvalue weighted by atomic mass is 35.5. The van der Waals surface area contributed by atoms with E-state index in [1.165, 1.54) is 0 Å². The summed E-state index contributed by atoms with van der Waals surface area (Å²) in [4.78, 5) is 12.3. The van der Waals surface area contributed by atoms with Crippen LogP contribution in [0.4, 0.5) is 5.69 Å². The highest BCUT2D eigenvalue weighted by Crippen LogP contribution is 2.30. The first-order valence-electron chi connectivity index (χ1n) is 7.24. The van der Waals surface area contributed by atoms with Crippen LogP contribution in [0.15, 0.2) is 36.5 Å². The Kier molecular flexibility index (Phi) is 4.59. The van der Waals surface area contributed by atoms with E-state index < -0.39 is 0 Å². The zero-order chi connectivity index (χ0) is 17.3. The molecule has 0 atom stereocenters. The predicted octanol–water partition coefficient (Wildman–Crippen LogP) is 3.76. The summed E-state index contributed by atoms with van der Waals surface area (Å²) >= 11 is 12.1. The smallest absolute Gasteiger partial charge is 0.276 e. The van der Waals surface area contributed by atoms with Crippen LogP contribution in [0.25, 0.3) is 0 Å². The lowest BCUT2D eigenvalue weighted by atomic mass is 10.3. The maximum Gasteiger partial charge on any atom is 0.276 e. The van der Waals surface area contributed by atoms with Crippen LogP contribution in [-0.2, 0) is 6.67 Å². The number of rotatable bonds is 4. The second-order valence-corrected chi connectivity index (χ2v) is 6.17. The first-order chi connectivity index (χ1) is 11.4. The van der Waals surface area contributed by atoms with Gasteiger partial charge in [0, 0.05) is 11.9 Å². The Hall–Kier alpha value is -2.31. The number of carbonyl (C=O) groups is 1. The quantitative estimate of drug-likeness (QED) is 0.767. The van der Waals surface area contributed by atoms with E-state index in [1.807, 2.05) is 24.6 Å². The van der Waals surface area contributed by atoms with E-state index in [9.17, 15) is 4.79 Å². The van der Waals surface area contributed by atoms with Crippen molar-refractivity contribution in [2.24, 2.45) is 0 Å². The average molecular weight is 364 g/mol. The van der Waals surface area contributed by atoms with Crippen molar-refractivity contribution in [2.75, 3.05) is 5.32 Å². The number of anilines is 1. The fraction of sp³-hybridized carbons (Fsp3) is 0.188. The van der Waals surface area contributed by atoms with Gasteiger partial charge in [0.05, 0.1) is 21.4 Å². The summed E-state index contributed by atoms with van der Waals surface area (Å²) in [7, 11) is 0. The zero-order valence-corrected chi connectivity index (χ0v) is 14.6. The Morgan fingerprint density at radius 1 is 1.17 bits per heavy atom. The number of nitrogens with one attached hydrogen (secondary N) is 1. The lowest BCUT2D eigenvalue weighted by molar-refractivity contribution is 0.102. The van der Waals surface area contributed by atoms with Crippen LogP contribution in [0, 0.1) is 13.8 Å². The molecule has 0 saturated carbocycles. The highest BCUT2D eigenvalue weighted by molar-refractivity contribution is 6.39. The largest absolute Gasteiger partial charge is 0.318 e. The molecule has 0 saturated heterocycles. The summed E-state index contributed by atoms with van der Waals surface area (Å²) in [6.07, 6.45) is 1.72. The van der Waals surface area contributed by atoms with Gasteiger partial charge in [0.2, 0.25) is 0 Å². The van der Waals surface area contributed by atoms with Crippen molar-refractivity contribution in [3.8, 4) is 0 Å². The van der Waals surface area contributed by atoms with Gasteiger partial charge in [0.15, 0.2) is 5.69 Å². The van der Waals surface area contributed by atoms with Crippen LogP contribution < -0.4 is 5.32 Å². The normalized spacial score (nSPS) is 10.8. The van der Waals surface area contributed by atoms with Crippen LogP contribution in [0.3, 0.4) is 0 Å². The Morgan fingerprint density at radius 3 is 2.50 bits per heavy atom. The average Bonchev–Trinajstić information content (AvgIpc) is 3.10. The minimum absolute atomic E-state index is 0.271. The molecule has 1 N–H and O–H groups in total.